The van der Waals surface area contributed by atoms with Crippen molar-refractivity contribution in [2.24, 2.45) is 0 Å². The third kappa shape index (κ3) is 4.65. The van der Waals surface area contributed by atoms with Crippen LogP contribution in [0, 0.1) is 0 Å². The molecule has 0 spiro atoms. The van der Waals surface area contributed by atoms with Gasteiger partial charge in [-0.1, -0.05) is 23.2 Å². The van der Waals surface area contributed by atoms with Crippen LogP contribution in [-0.2, 0) is 23.0 Å². The number of halogens is 2. The van der Waals surface area contributed by atoms with Gasteiger partial charge in [0.25, 0.3) is 11.5 Å². The lowest BCUT2D eigenvalue weighted by molar-refractivity contribution is 0.0730. The number of methoxy groups -OCH3 is 1. The van der Waals surface area contributed by atoms with E-state index < -0.39 is 10.0 Å². The predicted octanol–water partition coefficient (Wildman–Crippen LogP) is 3.37. The second-order valence-corrected chi connectivity index (χ2v) is 11.1. The topological polar surface area (TPSA) is 115 Å². The number of nitrogens with one attached hydrogen (secondary N) is 1. The SMILES string of the molecule is COc1ccc(-n2c(=O)c3c(n4ncc(NS(C)(=O)=O)c24)CN(C(=O)c2ccc(Cl)c(Cl)c2)CC3)cc1. The van der Waals surface area contributed by atoms with Crippen LogP contribution in [0.4, 0.5) is 5.69 Å². The molecule has 0 aliphatic carbocycles. The lowest BCUT2D eigenvalue weighted by atomic mass is 10.0. The molecular formula is C24H21Cl2N5O5S. The summed E-state index contributed by atoms with van der Waals surface area (Å²) in [6.45, 7) is 0.384. The van der Waals surface area contributed by atoms with Gasteiger partial charge in [0.15, 0.2) is 5.65 Å². The molecule has 0 radical (unpaired) electrons. The first kappa shape index (κ1) is 25.1. The molecule has 13 heteroatoms. The Hall–Kier alpha value is -3.54. The Balaban J connectivity index is 1.66. The summed E-state index contributed by atoms with van der Waals surface area (Å²) in [6, 6.07) is 11.5. The molecule has 0 atom stereocenters. The van der Waals surface area contributed by atoms with Crippen molar-refractivity contribution in [3.8, 4) is 11.4 Å². The molecule has 3 heterocycles. The Bertz CT molecular complexity index is 1710. The molecule has 0 saturated heterocycles. The molecule has 0 saturated carbocycles. The highest BCUT2D eigenvalue weighted by molar-refractivity contribution is 7.92. The summed E-state index contributed by atoms with van der Waals surface area (Å²) in [7, 11) is -2.14. The highest BCUT2D eigenvalue weighted by Crippen LogP contribution is 2.28. The fourth-order valence-electron chi connectivity index (χ4n) is 4.38. The number of sulfonamides is 1. The lowest BCUT2D eigenvalue weighted by Crippen LogP contribution is -2.41. The Morgan fingerprint density at radius 1 is 1.11 bits per heavy atom. The quantitative estimate of drug-likeness (QED) is 0.399. The van der Waals surface area contributed by atoms with Gasteiger partial charge in [-0.3, -0.25) is 18.9 Å². The van der Waals surface area contributed by atoms with Crippen molar-refractivity contribution in [3.63, 3.8) is 0 Å². The first-order valence-corrected chi connectivity index (χ1v) is 13.7. The van der Waals surface area contributed by atoms with E-state index in [-0.39, 0.29) is 40.8 Å². The summed E-state index contributed by atoms with van der Waals surface area (Å²) < 4.78 is 34.7. The van der Waals surface area contributed by atoms with E-state index in [4.69, 9.17) is 27.9 Å². The summed E-state index contributed by atoms with van der Waals surface area (Å²) in [5, 5.41) is 5.00. The number of benzene rings is 2. The third-order valence-electron chi connectivity index (χ3n) is 6.07. The van der Waals surface area contributed by atoms with Crippen molar-refractivity contribution in [2.75, 3.05) is 24.6 Å². The van der Waals surface area contributed by atoms with E-state index in [0.717, 1.165) is 6.26 Å². The number of nitrogens with zero attached hydrogens (tertiary/aromatic N) is 4. The van der Waals surface area contributed by atoms with Crippen LogP contribution in [0.1, 0.15) is 21.6 Å². The van der Waals surface area contributed by atoms with E-state index >= 15 is 0 Å². The Labute approximate surface area is 222 Å². The number of amides is 1. The minimum absolute atomic E-state index is 0.0869. The fraction of sp³-hybridized carbons (Fsp3) is 0.208. The molecule has 37 heavy (non-hydrogen) atoms. The average molecular weight is 562 g/mol. The van der Waals surface area contributed by atoms with Crippen molar-refractivity contribution in [1.29, 1.82) is 0 Å². The minimum atomic E-state index is -3.68. The van der Waals surface area contributed by atoms with E-state index in [0.29, 0.717) is 39.8 Å². The van der Waals surface area contributed by atoms with Crippen LogP contribution in [0.3, 0.4) is 0 Å². The zero-order chi connectivity index (χ0) is 26.5. The summed E-state index contributed by atoms with van der Waals surface area (Å²) in [5.74, 6) is 0.323. The fourth-order valence-corrected chi connectivity index (χ4v) is 5.23. The average Bonchev–Trinajstić information content (AvgIpc) is 3.27. The maximum atomic E-state index is 13.8. The number of aromatic nitrogens is 3. The molecule has 0 fully saturated rings. The van der Waals surface area contributed by atoms with Crippen LogP contribution in [0.5, 0.6) is 5.75 Å². The van der Waals surface area contributed by atoms with Crippen LogP contribution < -0.4 is 15.0 Å². The molecule has 192 valence electrons. The van der Waals surface area contributed by atoms with Gasteiger partial charge in [0, 0.05) is 17.7 Å². The molecule has 0 bridgehead atoms. The monoisotopic (exact) mass is 561 g/mol. The van der Waals surface area contributed by atoms with Crippen LogP contribution in [0.2, 0.25) is 10.0 Å². The normalized spacial score (nSPS) is 13.5. The number of hydrogen-bond donors (Lipinski definition) is 1. The second-order valence-electron chi connectivity index (χ2n) is 8.54. The summed E-state index contributed by atoms with van der Waals surface area (Å²) >= 11 is 12.1. The van der Waals surface area contributed by atoms with Gasteiger partial charge >= 0.3 is 0 Å². The van der Waals surface area contributed by atoms with Crippen LogP contribution >= 0.6 is 23.2 Å². The van der Waals surface area contributed by atoms with Gasteiger partial charge in [-0.25, -0.2) is 12.9 Å². The molecule has 0 unspecified atom stereocenters. The predicted molar refractivity (Wildman–Crippen MR) is 141 cm³/mol. The number of fused-ring (bicyclic) bond motifs is 3. The van der Waals surface area contributed by atoms with Crippen molar-refractivity contribution in [3.05, 3.63) is 85.9 Å². The summed E-state index contributed by atoms with van der Waals surface area (Å²) in [5.41, 5.74) is 1.87. The largest absolute Gasteiger partial charge is 0.497 e. The van der Waals surface area contributed by atoms with Gasteiger partial charge in [-0.15, -0.1) is 0 Å². The van der Waals surface area contributed by atoms with Gasteiger partial charge in [-0.05, 0) is 48.9 Å². The molecule has 10 nitrogen and oxygen atoms in total. The minimum Gasteiger partial charge on any atom is -0.497 e. The number of hydrogen-bond acceptors (Lipinski definition) is 6. The van der Waals surface area contributed by atoms with Crippen LogP contribution in [0.25, 0.3) is 11.3 Å². The zero-order valence-corrected chi connectivity index (χ0v) is 22.1. The van der Waals surface area contributed by atoms with Crippen LogP contribution in [0.15, 0.2) is 53.5 Å². The molecule has 1 aliphatic heterocycles. The van der Waals surface area contributed by atoms with E-state index in [2.05, 4.69) is 9.82 Å². The zero-order valence-electron chi connectivity index (χ0n) is 19.7. The molecule has 4 aromatic rings. The van der Waals surface area contributed by atoms with Gasteiger partial charge in [0.1, 0.15) is 11.4 Å². The van der Waals surface area contributed by atoms with Crippen molar-refractivity contribution >= 4 is 50.5 Å². The maximum Gasteiger partial charge on any atom is 0.261 e. The Kier molecular flexibility index (Phi) is 6.38. The summed E-state index contributed by atoms with van der Waals surface area (Å²) in [6.07, 6.45) is 2.64. The first-order chi connectivity index (χ1) is 17.6. The molecule has 1 amide bonds. The summed E-state index contributed by atoms with van der Waals surface area (Å²) in [4.78, 5) is 28.6. The number of carbonyl (C=O) groups excluding carboxylic acids is 1. The van der Waals surface area contributed by atoms with Crippen molar-refractivity contribution < 1.29 is 17.9 Å². The van der Waals surface area contributed by atoms with E-state index in [1.807, 2.05) is 0 Å². The van der Waals surface area contributed by atoms with Crippen molar-refractivity contribution in [2.45, 2.75) is 13.0 Å². The Morgan fingerprint density at radius 2 is 1.84 bits per heavy atom. The first-order valence-electron chi connectivity index (χ1n) is 11.1. The Morgan fingerprint density at radius 3 is 2.49 bits per heavy atom. The highest BCUT2D eigenvalue weighted by Gasteiger charge is 2.29. The van der Waals surface area contributed by atoms with Gasteiger partial charge in [0.2, 0.25) is 10.0 Å². The molecule has 1 N–H and O–H groups in total. The number of rotatable bonds is 5. The van der Waals surface area contributed by atoms with E-state index in [9.17, 15) is 18.0 Å². The van der Waals surface area contributed by atoms with Gasteiger partial charge in [-0.2, -0.15) is 5.10 Å². The molecule has 5 rings (SSSR count). The van der Waals surface area contributed by atoms with Gasteiger partial charge < -0.3 is 9.64 Å². The number of anilines is 1. The maximum absolute atomic E-state index is 13.8. The molecule has 2 aromatic heterocycles. The number of ether oxygens (including phenoxy) is 1. The molecular weight excluding hydrogens is 541 g/mol. The smallest absolute Gasteiger partial charge is 0.261 e. The molecule has 1 aliphatic rings. The highest BCUT2D eigenvalue weighted by atomic mass is 35.5. The van der Waals surface area contributed by atoms with Crippen molar-refractivity contribution in [1.82, 2.24) is 19.1 Å². The standard InChI is InChI=1S/C24H21Cl2N5O5S/c1-36-16-6-4-15(5-7-16)30-22-20(28-37(2,34)35)12-27-31(22)21-13-29(10-9-17(21)24(30)33)23(32)14-3-8-18(25)19(26)11-14/h3-8,11-12,28H,9-10,13H2,1-2H3. The number of carbonyl (C=O) groups is 1. The molecule has 2 aromatic carbocycles. The second kappa shape index (κ2) is 9.40. The third-order valence-corrected chi connectivity index (χ3v) is 7.40. The van der Waals surface area contributed by atoms with Crippen LogP contribution in [-0.4, -0.2) is 53.3 Å². The van der Waals surface area contributed by atoms with Gasteiger partial charge in [0.05, 0.1) is 47.5 Å². The lowest BCUT2D eigenvalue weighted by Gasteiger charge is -2.29. The van der Waals surface area contributed by atoms with E-state index in [1.165, 1.54) is 28.5 Å². The van der Waals surface area contributed by atoms with E-state index in [1.54, 1.807) is 41.3 Å².